The first-order valence-electron chi connectivity index (χ1n) is 5.44. The van der Waals surface area contributed by atoms with Crippen LogP contribution in [0, 0.1) is 0 Å². The average Bonchev–Trinajstić information content (AvgIpc) is 2.23. The lowest BCUT2D eigenvalue weighted by Gasteiger charge is -2.10. The van der Waals surface area contributed by atoms with Gasteiger partial charge < -0.3 is 16.2 Å². The van der Waals surface area contributed by atoms with Crippen LogP contribution >= 0.6 is 11.8 Å². The molecule has 0 rings (SSSR count). The first kappa shape index (κ1) is 14.7. The molecular weight excluding hydrogens is 212 g/mol. The molecule has 0 aliphatic carbocycles. The molecule has 0 heterocycles. The normalized spacial score (nSPS) is 12.5. The Morgan fingerprint density at radius 3 is 2.87 bits per heavy atom. The summed E-state index contributed by atoms with van der Waals surface area (Å²) < 4.78 is 0. The third kappa shape index (κ3) is 8.72. The number of amides is 1. The van der Waals surface area contributed by atoms with Gasteiger partial charge >= 0.3 is 0 Å². The van der Waals surface area contributed by atoms with Crippen LogP contribution < -0.4 is 11.1 Å². The third-order valence-corrected chi connectivity index (χ3v) is 3.00. The van der Waals surface area contributed by atoms with E-state index in [1.54, 1.807) is 11.8 Å². The fourth-order valence-electron chi connectivity index (χ4n) is 1.09. The molecule has 0 unspecified atom stereocenters. The molecule has 0 aliphatic rings. The van der Waals surface area contributed by atoms with Crippen molar-refractivity contribution in [3.8, 4) is 0 Å². The number of hydrogen-bond donors (Lipinski definition) is 3. The summed E-state index contributed by atoms with van der Waals surface area (Å²) in [5.74, 6) is 1.76. The number of thioether (sulfide) groups is 1. The monoisotopic (exact) mass is 234 g/mol. The molecule has 0 aromatic carbocycles. The molecule has 1 amide bonds. The second-order valence-corrected chi connectivity index (χ2v) is 4.60. The molecule has 0 saturated heterocycles. The second kappa shape index (κ2) is 10.3. The summed E-state index contributed by atoms with van der Waals surface area (Å²) in [7, 11) is 0. The number of aliphatic hydroxyl groups is 1. The molecule has 4 N–H and O–H groups in total. The zero-order valence-electron chi connectivity index (χ0n) is 9.37. The number of carbonyl (C=O) groups excluding carboxylic acids is 1. The van der Waals surface area contributed by atoms with E-state index in [0.29, 0.717) is 6.54 Å². The number of carbonyl (C=O) groups is 1. The summed E-state index contributed by atoms with van der Waals surface area (Å²) in [6, 6.07) is -0.363. The quantitative estimate of drug-likeness (QED) is 0.503. The Balaban J connectivity index is 3.30. The van der Waals surface area contributed by atoms with Crippen LogP contribution in [0.15, 0.2) is 0 Å². The molecular formula is C10H22N2O2S. The van der Waals surface area contributed by atoms with Crippen molar-refractivity contribution in [3.63, 3.8) is 0 Å². The highest BCUT2D eigenvalue weighted by molar-refractivity contribution is 7.99. The van der Waals surface area contributed by atoms with Crippen molar-refractivity contribution in [2.45, 2.75) is 32.2 Å². The SMILES string of the molecule is CCC[C@@H](N)C(=O)NCCSCCCO. The fourth-order valence-corrected chi connectivity index (χ4v) is 1.87. The van der Waals surface area contributed by atoms with Gasteiger partial charge in [-0.25, -0.2) is 0 Å². The Bertz CT molecular complexity index is 168. The van der Waals surface area contributed by atoms with Gasteiger partial charge in [0.2, 0.25) is 5.91 Å². The van der Waals surface area contributed by atoms with E-state index in [4.69, 9.17) is 10.8 Å². The van der Waals surface area contributed by atoms with E-state index in [1.165, 1.54) is 0 Å². The molecule has 90 valence electrons. The first-order chi connectivity index (χ1) is 7.22. The van der Waals surface area contributed by atoms with E-state index in [9.17, 15) is 4.79 Å². The molecule has 4 nitrogen and oxygen atoms in total. The average molecular weight is 234 g/mol. The molecule has 5 heteroatoms. The van der Waals surface area contributed by atoms with Gasteiger partial charge in [-0.05, 0) is 18.6 Å². The summed E-state index contributed by atoms with van der Waals surface area (Å²) in [6.45, 7) is 2.91. The minimum absolute atomic E-state index is 0.0559. The van der Waals surface area contributed by atoms with Crippen molar-refractivity contribution >= 4 is 17.7 Å². The Labute approximate surface area is 96.0 Å². The summed E-state index contributed by atoms with van der Waals surface area (Å²) in [4.78, 5) is 11.3. The Morgan fingerprint density at radius 2 is 2.27 bits per heavy atom. The lowest BCUT2D eigenvalue weighted by molar-refractivity contribution is -0.122. The van der Waals surface area contributed by atoms with Gasteiger partial charge in [-0.15, -0.1) is 0 Å². The molecule has 15 heavy (non-hydrogen) atoms. The predicted octanol–water partition coefficient (Wildman–Crippen LogP) is 0.346. The lowest BCUT2D eigenvalue weighted by Crippen LogP contribution is -2.41. The van der Waals surface area contributed by atoms with Crippen LogP contribution in [0.2, 0.25) is 0 Å². The summed E-state index contributed by atoms with van der Waals surface area (Å²) in [6.07, 6.45) is 2.48. The summed E-state index contributed by atoms with van der Waals surface area (Å²) in [5.41, 5.74) is 5.64. The molecule has 0 aromatic heterocycles. The van der Waals surface area contributed by atoms with E-state index in [0.717, 1.165) is 30.8 Å². The second-order valence-electron chi connectivity index (χ2n) is 3.38. The van der Waals surface area contributed by atoms with Crippen LogP contribution in [-0.4, -0.2) is 41.7 Å². The van der Waals surface area contributed by atoms with E-state index >= 15 is 0 Å². The Morgan fingerprint density at radius 1 is 1.53 bits per heavy atom. The van der Waals surface area contributed by atoms with Crippen molar-refractivity contribution in [3.05, 3.63) is 0 Å². The molecule has 0 radical (unpaired) electrons. The largest absolute Gasteiger partial charge is 0.396 e. The fraction of sp³-hybridized carbons (Fsp3) is 0.900. The van der Waals surface area contributed by atoms with Gasteiger partial charge in [-0.2, -0.15) is 11.8 Å². The number of aliphatic hydroxyl groups excluding tert-OH is 1. The van der Waals surface area contributed by atoms with Gasteiger partial charge in [0.15, 0.2) is 0 Å². The van der Waals surface area contributed by atoms with Crippen molar-refractivity contribution in [2.75, 3.05) is 24.7 Å². The van der Waals surface area contributed by atoms with Crippen LogP contribution in [0.1, 0.15) is 26.2 Å². The van der Waals surface area contributed by atoms with Crippen LogP contribution in [0.3, 0.4) is 0 Å². The predicted molar refractivity (Wildman–Crippen MR) is 64.9 cm³/mol. The standard InChI is InChI=1S/C10H22N2O2S/c1-2-4-9(11)10(14)12-5-8-15-7-3-6-13/h9,13H,2-8,11H2,1H3,(H,12,14)/t9-/m1/s1. The minimum atomic E-state index is -0.363. The zero-order chi connectivity index (χ0) is 11.5. The number of nitrogens with two attached hydrogens (primary N) is 1. The van der Waals surface area contributed by atoms with Crippen LogP contribution in [0.5, 0.6) is 0 Å². The van der Waals surface area contributed by atoms with Crippen molar-refractivity contribution in [2.24, 2.45) is 5.73 Å². The minimum Gasteiger partial charge on any atom is -0.396 e. The number of hydrogen-bond acceptors (Lipinski definition) is 4. The van der Waals surface area contributed by atoms with Gasteiger partial charge in [0, 0.05) is 18.9 Å². The summed E-state index contributed by atoms with van der Waals surface area (Å²) >= 11 is 1.73. The van der Waals surface area contributed by atoms with Crippen molar-refractivity contribution in [1.82, 2.24) is 5.32 Å². The highest BCUT2D eigenvalue weighted by Gasteiger charge is 2.10. The molecule has 0 saturated carbocycles. The zero-order valence-corrected chi connectivity index (χ0v) is 10.2. The van der Waals surface area contributed by atoms with Gasteiger partial charge in [-0.3, -0.25) is 4.79 Å². The highest BCUT2D eigenvalue weighted by atomic mass is 32.2. The highest BCUT2D eigenvalue weighted by Crippen LogP contribution is 2.00. The van der Waals surface area contributed by atoms with Gasteiger partial charge in [-0.1, -0.05) is 13.3 Å². The molecule has 0 aliphatic heterocycles. The molecule has 0 spiro atoms. The number of rotatable bonds is 9. The molecule has 0 aromatic rings. The third-order valence-electron chi connectivity index (χ3n) is 1.93. The maximum atomic E-state index is 11.3. The van der Waals surface area contributed by atoms with Gasteiger partial charge in [0.1, 0.15) is 0 Å². The van der Waals surface area contributed by atoms with E-state index in [2.05, 4.69) is 5.32 Å². The Kier molecular flexibility index (Phi) is 10.1. The van der Waals surface area contributed by atoms with Crippen LogP contribution in [0.4, 0.5) is 0 Å². The van der Waals surface area contributed by atoms with E-state index < -0.39 is 0 Å². The molecule has 0 fully saturated rings. The van der Waals surface area contributed by atoms with E-state index in [-0.39, 0.29) is 18.6 Å². The first-order valence-corrected chi connectivity index (χ1v) is 6.59. The molecule has 1 atom stereocenters. The summed E-state index contributed by atoms with van der Waals surface area (Å²) in [5, 5.41) is 11.3. The topological polar surface area (TPSA) is 75.4 Å². The smallest absolute Gasteiger partial charge is 0.236 e. The number of nitrogens with one attached hydrogen (secondary N) is 1. The maximum absolute atomic E-state index is 11.3. The maximum Gasteiger partial charge on any atom is 0.236 e. The van der Waals surface area contributed by atoms with Gasteiger partial charge in [0.25, 0.3) is 0 Å². The van der Waals surface area contributed by atoms with E-state index in [1.807, 2.05) is 6.92 Å². The van der Waals surface area contributed by atoms with Crippen molar-refractivity contribution < 1.29 is 9.90 Å². The molecule has 0 bridgehead atoms. The van der Waals surface area contributed by atoms with Crippen molar-refractivity contribution in [1.29, 1.82) is 0 Å². The van der Waals surface area contributed by atoms with Gasteiger partial charge in [0.05, 0.1) is 6.04 Å². The van der Waals surface area contributed by atoms with Crippen LogP contribution in [0.25, 0.3) is 0 Å². The lowest BCUT2D eigenvalue weighted by atomic mass is 10.2. The Hall–Kier alpha value is -0.260. The van der Waals surface area contributed by atoms with Crippen LogP contribution in [-0.2, 0) is 4.79 Å².